The Bertz CT molecular complexity index is 1070. The Morgan fingerprint density at radius 1 is 1.07 bits per heavy atom. The number of ether oxygens (including phenoxy) is 1. The Morgan fingerprint density at radius 3 is 2.44 bits per heavy atom. The summed E-state index contributed by atoms with van der Waals surface area (Å²) in [6.07, 6.45) is -1.01. The van der Waals surface area contributed by atoms with E-state index in [9.17, 15) is 14.4 Å². The lowest BCUT2D eigenvalue weighted by Gasteiger charge is -2.12. The first kappa shape index (κ1) is 18.5. The van der Waals surface area contributed by atoms with Gasteiger partial charge in [-0.25, -0.2) is 9.78 Å². The molecule has 0 saturated heterocycles. The number of benzene rings is 1. The fourth-order valence-electron chi connectivity index (χ4n) is 3.18. The maximum absolute atomic E-state index is 12.7. The van der Waals surface area contributed by atoms with Crippen molar-refractivity contribution in [1.29, 1.82) is 0 Å². The number of esters is 1. The highest BCUT2D eigenvalue weighted by atomic mass is 16.5. The minimum Gasteiger partial charge on any atom is -0.449 e. The van der Waals surface area contributed by atoms with Crippen LogP contribution in [0, 0.1) is 13.8 Å². The zero-order chi connectivity index (χ0) is 19.7. The van der Waals surface area contributed by atoms with Crippen LogP contribution in [-0.2, 0) is 4.74 Å². The van der Waals surface area contributed by atoms with Gasteiger partial charge in [0.25, 0.3) is 0 Å². The standard InChI is InChI=1S/C21H20N2O4/c1-11-18(13(3)24)12(2)22-19(11)20(25)14(4)27-21(26)17-10-9-15-7-5-6-8-16(15)23-17/h5-10,14,22H,1-4H3/t14-/m1/s1. The smallest absolute Gasteiger partial charge is 0.357 e. The number of fused-ring (bicyclic) bond motifs is 1. The molecule has 2 aromatic heterocycles. The van der Waals surface area contributed by atoms with E-state index in [1.165, 1.54) is 13.8 Å². The number of aromatic amines is 1. The molecule has 138 valence electrons. The first-order valence-corrected chi connectivity index (χ1v) is 8.60. The Kier molecular flexibility index (Phi) is 4.90. The molecule has 0 fully saturated rings. The van der Waals surface area contributed by atoms with E-state index in [2.05, 4.69) is 9.97 Å². The van der Waals surface area contributed by atoms with Crippen molar-refractivity contribution in [2.24, 2.45) is 0 Å². The van der Waals surface area contributed by atoms with Crippen molar-refractivity contribution >= 4 is 28.4 Å². The van der Waals surface area contributed by atoms with Crippen LogP contribution in [0.5, 0.6) is 0 Å². The molecular formula is C21H20N2O4. The number of rotatable bonds is 5. The van der Waals surface area contributed by atoms with Crippen molar-refractivity contribution in [2.75, 3.05) is 0 Å². The number of para-hydroxylation sites is 1. The van der Waals surface area contributed by atoms with E-state index in [-0.39, 0.29) is 17.2 Å². The number of aromatic nitrogens is 2. The lowest BCUT2D eigenvalue weighted by atomic mass is 10.0. The van der Waals surface area contributed by atoms with E-state index in [1.807, 2.05) is 18.2 Å². The summed E-state index contributed by atoms with van der Waals surface area (Å²) in [5.41, 5.74) is 2.78. The van der Waals surface area contributed by atoms with Crippen molar-refractivity contribution in [3.63, 3.8) is 0 Å². The summed E-state index contributed by atoms with van der Waals surface area (Å²) in [6.45, 7) is 6.39. The van der Waals surface area contributed by atoms with E-state index in [0.29, 0.717) is 22.3 Å². The number of hydrogen-bond acceptors (Lipinski definition) is 5. The van der Waals surface area contributed by atoms with Gasteiger partial charge in [-0.15, -0.1) is 0 Å². The number of Topliss-reactive ketones (excluding diaryl/α,β-unsaturated/α-hetero) is 2. The molecule has 0 saturated carbocycles. The molecule has 0 unspecified atom stereocenters. The zero-order valence-corrected chi connectivity index (χ0v) is 15.6. The molecule has 0 spiro atoms. The Hall–Kier alpha value is -3.28. The highest BCUT2D eigenvalue weighted by Gasteiger charge is 2.26. The van der Waals surface area contributed by atoms with Crippen LogP contribution in [0.1, 0.15) is 56.4 Å². The summed E-state index contributed by atoms with van der Waals surface area (Å²) in [4.78, 5) is 44.0. The van der Waals surface area contributed by atoms with E-state index in [0.717, 1.165) is 5.39 Å². The average molecular weight is 364 g/mol. The highest BCUT2D eigenvalue weighted by Crippen LogP contribution is 2.21. The second kappa shape index (κ2) is 7.15. The van der Waals surface area contributed by atoms with Crippen molar-refractivity contribution < 1.29 is 19.1 Å². The van der Waals surface area contributed by atoms with Gasteiger partial charge in [0.15, 0.2) is 11.9 Å². The largest absolute Gasteiger partial charge is 0.449 e. The van der Waals surface area contributed by atoms with Gasteiger partial charge in [0.1, 0.15) is 5.69 Å². The summed E-state index contributed by atoms with van der Waals surface area (Å²) in [6, 6.07) is 10.8. The van der Waals surface area contributed by atoms with Gasteiger partial charge < -0.3 is 9.72 Å². The monoisotopic (exact) mass is 364 g/mol. The number of aryl methyl sites for hydroxylation is 1. The lowest BCUT2D eigenvalue weighted by molar-refractivity contribution is 0.0311. The second-order valence-electron chi connectivity index (χ2n) is 6.48. The minimum absolute atomic E-state index is 0.120. The third kappa shape index (κ3) is 3.51. The predicted molar refractivity (Wildman–Crippen MR) is 101 cm³/mol. The van der Waals surface area contributed by atoms with Crippen LogP contribution in [0.2, 0.25) is 0 Å². The summed E-state index contributed by atoms with van der Waals surface area (Å²) < 4.78 is 5.31. The van der Waals surface area contributed by atoms with Gasteiger partial charge in [0.05, 0.1) is 11.2 Å². The van der Waals surface area contributed by atoms with Crippen molar-refractivity contribution in [3.05, 3.63) is 64.6 Å². The van der Waals surface area contributed by atoms with Crippen LogP contribution in [0.4, 0.5) is 0 Å². The summed E-state index contributed by atoms with van der Waals surface area (Å²) >= 11 is 0. The normalized spacial score (nSPS) is 12.0. The molecule has 27 heavy (non-hydrogen) atoms. The zero-order valence-electron chi connectivity index (χ0n) is 15.6. The van der Waals surface area contributed by atoms with Crippen molar-refractivity contribution in [2.45, 2.75) is 33.8 Å². The SMILES string of the molecule is CC(=O)c1c(C)[nH]c(C(=O)[C@@H](C)OC(=O)c2ccc3ccccc3n2)c1C. The van der Waals surface area contributed by atoms with Gasteiger partial charge in [-0.2, -0.15) is 0 Å². The molecule has 1 aromatic carbocycles. The van der Waals surface area contributed by atoms with E-state index in [1.54, 1.807) is 32.0 Å². The van der Waals surface area contributed by atoms with Gasteiger partial charge in [0, 0.05) is 16.6 Å². The molecule has 0 radical (unpaired) electrons. The molecular weight excluding hydrogens is 344 g/mol. The summed E-state index contributed by atoms with van der Waals surface area (Å²) in [5.74, 6) is -1.18. The maximum Gasteiger partial charge on any atom is 0.357 e. The van der Waals surface area contributed by atoms with E-state index < -0.39 is 17.9 Å². The first-order chi connectivity index (χ1) is 12.8. The molecule has 1 N–H and O–H groups in total. The van der Waals surface area contributed by atoms with Crippen LogP contribution < -0.4 is 0 Å². The maximum atomic E-state index is 12.7. The molecule has 0 aliphatic heterocycles. The number of nitrogens with one attached hydrogen (secondary N) is 1. The molecule has 0 aliphatic rings. The molecule has 3 rings (SSSR count). The average Bonchev–Trinajstić information content (AvgIpc) is 2.94. The van der Waals surface area contributed by atoms with E-state index in [4.69, 9.17) is 4.74 Å². The van der Waals surface area contributed by atoms with E-state index >= 15 is 0 Å². The van der Waals surface area contributed by atoms with Gasteiger partial charge in [-0.05, 0) is 45.4 Å². The quantitative estimate of drug-likeness (QED) is 0.549. The molecule has 6 heteroatoms. The molecule has 3 aromatic rings. The Balaban J connectivity index is 1.80. The fourth-order valence-corrected chi connectivity index (χ4v) is 3.18. The predicted octanol–water partition coefficient (Wildman–Crippen LogP) is 3.81. The third-order valence-electron chi connectivity index (χ3n) is 4.50. The van der Waals surface area contributed by atoms with Crippen LogP contribution in [-0.4, -0.2) is 33.6 Å². The van der Waals surface area contributed by atoms with Crippen LogP contribution in [0.25, 0.3) is 10.9 Å². The number of carbonyl (C=O) groups is 3. The molecule has 6 nitrogen and oxygen atoms in total. The lowest BCUT2D eigenvalue weighted by Crippen LogP contribution is -2.25. The number of hydrogen-bond donors (Lipinski definition) is 1. The minimum atomic E-state index is -1.01. The Morgan fingerprint density at radius 2 is 1.78 bits per heavy atom. The van der Waals surface area contributed by atoms with Crippen molar-refractivity contribution in [3.8, 4) is 0 Å². The number of carbonyl (C=O) groups excluding carboxylic acids is 3. The molecule has 0 amide bonds. The van der Waals surface area contributed by atoms with Gasteiger partial charge in [-0.1, -0.05) is 24.3 Å². The van der Waals surface area contributed by atoms with Crippen LogP contribution >= 0.6 is 0 Å². The number of nitrogens with zero attached hydrogens (tertiary/aromatic N) is 1. The molecule has 1 atom stereocenters. The van der Waals surface area contributed by atoms with Crippen LogP contribution in [0.15, 0.2) is 36.4 Å². The second-order valence-corrected chi connectivity index (χ2v) is 6.48. The van der Waals surface area contributed by atoms with Gasteiger partial charge >= 0.3 is 5.97 Å². The summed E-state index contributed by atoms with van der Waals surface area (Å²) in [7, 11) is 0. The summed E-state index contributed by atoms with van der Waals surface area (Å²) in [5, 5.41) is 0.910. The highest BCUT2D eigenvalue weighted by molar-refractivity contribution is 6.05. The van der Waals surface area contributed by atoms with Gasteiger partial charge in [0.2, 0.25) is 5.78 Å². The first-order valence-electron chi connectivity index (χ1n) is 8.60. The third-order valence-corrected chi connectivity index (χ3v) is 4.50. The number of H-pyrrole nitrogens is 1. The van der Waals surface area contributed by atoms with Crippen molar-refractivity contribution in [1.82, 2.24) is 9.97 Å². The topological polar surface area (TPSA) is 89.1 Å². The van der Waals surface area contributed by atoms with Crippen LogP contribution in [0.3, 0.4) is 0 Å². The Labute approximate surface area is 156 Å². The number of ketones is 2. The molecule has 0 aliphatic carbocycles. The molecule has 2 heterocycles. The number of pyridine rings is 1. The van der Waals surface area contributed by atoms with Gasteiger partial charge in [-0.3, -0.25) is 9.59 Å². The molecule has 0 bridgehead atoms. The fraction of sp³-hybridized carbons (Fsp3) is 0.238.